The zero-order valence-corrected chi connectivity index (χ0v) is 18.5. The number of nitrogens with zero attached hydrogens (tertiary/aromatic N) is 4. The van der Waals surface area contributed by atoms with Gasteiger partial charge in [-0.25, -0.2) is 0 Å². The third-order valence-corrected chi connectivity index (χ3v) is 6.16. The molecular formula is C24H35N5. The SMILES string of the molecule is CC/C(C)=C\C=N/c1cc(C(C)N2CCC(n3cc(NC)cn3)CC2)ccc1C. The lowest BCUT2D eigenvalue weighted by Crippen LogP contribution is -2.36. The first-order valence-corrected chi connectivity index (χ1v) is 10.8. The van der Waals surface area contributed by atoms with Gasteiger partial charge in [-0.2, -0.15) is 5.10 Å². The number of rotatable bonds is 7. The van der Waals surface area contributed by atoms with E-state index < -0.39 is 0 Å². The molecule has 2 aromatic rings. The molecule has 3 rings (SSSR count). The summed E-state index contributed by atoms with van der Waals surface area (Å²) >= 11 is 0. The van der Waals surface area contributed by atoms with E-state index in [-0.39, 0.29) is 0 Å². The number of hydrogen-bond donors (Lipinski definition) is 1. The number of anilines is 1. The van der Waals surface area contributed by atoms with Gasteiger partial charge in [0.15, 0.2) is 0 Å². The Bertz CT molecular complexity index is 856. The quantitative estimate of drug-likeness (QED) is 0.615. The smallest absolute Gasteiger partial charge is 0.0724 e. The highest BCUT2D eigenvalue weighted by atomic mass is 15.3. The Balaban J connectivity index is 1.64. The van der Waals surface area contributed by atoms with Crippen molar-refractivity contribution in [1.29, 1.82) is 0 Å². The van der Waals surface area contributed by atoms with E-state index in [0.29, 0.717) is 12.1 Å². The molecule has 0 radical (unpaired) electrons. The molecule has 1 aliphatic heterocycles. The lowest BCUT2D eigenvalue weighted by atomic mass is 9.99. The summed E-state index contributed by atoms with van der Waals surface area (Å²) in [5.74, 6) is 0. The fourth-order valence-electron chi connectivity index (χ4n) is 3.80. The van der Waals surface area contributed by atoms with Gasteiger partial charge in [0, 0.05) is 38.6 Å². The molecule has 156 valence electrons. The molecule has 5 nitrogen and oxygen atoms in total. The monoisotopic (exact) mass is 393 g/mol. The maximum Gasteiger partial charge on any atom is 0.0724 e. The van der Waals surface area contributed by atoms with Crippen LogP contribution in [0.1, 0.15) is 63.2 Å². The van der Waals surface area contributed by atoms with Gasteiger partial charge >= 0.3 is 0 Å². The van der Waals surface area contributed by atoms with Crippen molar-refractivity contribution in [2.45, 2.75) is 59.0 Å². The predicted molar refractivity (Wildman–Crippen MR) is 123 cm³/mol. The van der Waals surface area contributed by atoms with E-state index in [1.807, 2.05) is 19.5 Å². The van der Waals surface area contributed by atoms with Gasteiger partial charge in [0.05, 0.1) is 23.6 Å². The molecule has 0 spiro atoms. The van der Waals surface area contributed by atoms with Crippen LogP contribution in [-0.4, -0.2) is 41.0 Å². The summed E-state index contributed by atoms with van der Waals surface area (Å²) in [6.45, 7) is 10.9. The highest BCUT2D eigenvalue weighted by Crippen LogP contribution is 2.31. The van der Waals surface area contributed by atoms with Crippen LogP contribution in [-0.2, 0) is 0 Å². The van der Waals surface area contributed by atoms with Gasteiger partial charge in [-0.3, -0.25) is 14.6 Å². The van der Waals surface area contributed by atoms with E-state index in [2.05, 4.69) is 78.2 Å². The average Bonchev–Trinajstić information content (AvgIpc) is 3.24. The number of aromatic nitrogens is 2. The van der Waals surface area contributed by atoms with Crippen molar-refractivity contribution in [2.75, 3.05) is 25.5 Å². The minimum atomic E-state index is 0.393. The fraction of sp³-hybridized carbons (Fsp3) is 0.500. The van der Waals surface area contributed by atoms with E-state index in [4.69, 9.17) is 4.99 Å². The molecule has 1 aromatic carbocycles. The second-order valence-corrected chi connectivity index (χ2v) is 8.09. The highest BCUT2D eigenvalue weighted by Gasteiger charge is 2.25. The van der Waals surface area contributed by atoms with Gasteiger partial charge in [0.1, 0.15) is 0 Å². The van der Waals surface area contributed by atoms with Gasteiger partial charge in [-0.15, -0.1) is 0 Å². The summed E-state index contributed by atoms with van der Waals surface area (Å²) < 4.78 is 2.12. The zero-order valence-electron chi connectivity index (χ0n) is 18.5. The number of likely N-dealkylation sites (tertiary alicyclic amines) is 1. The number of aryl methyl sites for hydroxylation is 1. The molecule has 1 aliphatic rings. The number of allylic oxidation sites excluding steroid dienone is 2. The first-order valence-electron chi connectivity index (χ1n) is 10.8. The van der Waals surface area contributed by atoms with Crippen LogP contribution in [0.15, 0.2) is 47.2 Å². The van der Waals surface area contributed by atoms with Crippen LogP contribution >= 0.6 is 0 Å². The van der Waals surface area contributed by atoms with E-state index in [1.165, 1.54) is 16.7 Å². The van der Waals surface area contributed by atoms with Crippen molar-refractivity contribution in [2.24, 2.45) is 4.99 Å². The van der Waals surface area contributed by atoms with E-state index in [9.17, 15) is 0 Å². The molecule has 5 heteroatoms. The maximum atomic E-state index is 4.71. The van der Waals surface area contributed by atoms with Gasteiger partial charge in [0.25, 0.3) is 0 Å². The number of benzene rings is 1. The van der Waals surface area contributed by atoms with Gasteiger partial charge in [-0.1, -0.05) is 24.6 Å². The molecule has 1 atom stereocenters. The van der Waals surface area contributed by atoms with Crippen molar-refractivity contribution in [3.05, 3.63) is 53.4 Å². The Hall–Kier alpha value is -2.40. The number of hydrogen-bond acceptors (Lipinski definition) is 4. The van der Waals surface area contributed by atoms with Crippen molar-refractivity contribution in [3.8, 4) is 0 Å². The lowest BCUT2D eigenvalue weighted by Gasteiger charge is -2.36. The highest BCUT2D eigenvalue weighted by molar-refractivity contribution is 5.76. The predicted octanol–water partition coefficient (Wildman–Crippen LogP) is 5.69. The molecule has 29 heavy (non-hydrogen) atoms. The molecule has 1 unspecified atom stereocenters. The first-order chi connectivity index (χ1) is 14.0. The summed E-state index contributed by atoms with van der Waals surface area (Å²) in [4.78, 5) is 7.29. The van der Waals surface area contributed by atoms with Crippen LogP contribution in [0.5, 0.6) is 0 Å². The summed E-state index contributed by atoms with van der Waals surface area (Å²) in [5.41, 5.74) is 6.06. The van der Waals surface area contributed by atoms with Crippen LogP contribution in [0.25, 0.3) is 0 Å². The van der Waals surface area contributed by atoms with Gasteiger partial charge in [0.2, 0.25) is 0 Å². The van der Waals surface area contributed by atoms with Gasteiger partial charge < -0.3 is 5.32 Å². The molecule has 1 saturated heterocycles. The molecule has 0 amide bonds. The minimum absolute atomic E-state index is 0.393. The Morgan fingerprint density at radius 2 is 2.10 bits per heavy atom. The molecule has 0 saturated carbocycles. The average molecular weight is 394 g/mol. The molecule has 1 fully saturated rings. The van der Waals surface area contributed by atoms with Crippen LogP contribution in [0, 0.1) is 6.92 Å². The van der Waals surface area contributed by atoms with Gasteiger partial charge in [-0.05, 0) is 63.3 Å². The van der Waals surface area contributed by atoms with E-state index in [0.717, 1.165) is 43.7 Å². The molecule has 1 aromatic heterocycles. The zero-order chi connectivity index (χ0) is 20.8. The fourth-order valence-corrected chi connectivity index (χ4v) is 3.80. The number of nitrogens with one attached hydrogen (secondary N) is 1. The second kappa shape index (κ2) is 9.88. The van der Waals surface area contributed by atoms with E-state index in [1.54, 1.807) is 0 Å². The van der Waals surface area contributed by atoms with Crippen molar-refractivity contribution in [3.63, 3.8) is 0 Å². The molecule has 1 N–H and O–H groups in total. The number of aliphatic imine (C=N–C) groups is 1. The summed E-state index contributed by atoms with van der Waals surface area (Å²) in [6.07, 6.45) is 11.4. The molecule has 0 aliphatic carbocycles. The van der Waals surface area contributed by atoms with Crippen molar-refractivity contribution < 1.29 is 0 Å². The maximum absolute atomic E-state index is 4.71. The van der Waals surface area contributed by atoms with Crippen LogP contribution in [0.2, 0.25) is 0 Å². The van der Waals surface area contributed by atoms with Crippen LogP contribution in [0.4, 0.5) is 11.4 Å². The standard InChI is InChI=1S/C24H35N5/c1-6-18(2)9-12-26-24-15-21(8-7-19(24)3)20(4)28-13-10-23(11-14-28)29-17-22(25-5)16-27-29/h7-9,12,15-17,20,23,25H,6,10-11,13-14H2,1-5H3/b18-9-,26-12-. The summed E-state index contributed by atoms with van der Waals surface area (Å²) in [5, 5.41) is 7.68. The summed E-state index contributed by atoms with van der Waals surface area (Å²) in [6, 6.07) is 7.59. The third kappa shape index (κ3) is 5.36. The minimum Gasteiger partial charge on any atom is -0.386 e. The van der Waals surface area contributed by atoms with Crippen molar-refractivity contribution in [1.82, 2.24) is 14.7 Å². The second-order valence-electron chi connectivity index (χ2n) is 8.09. The Labute approximate surface area is 175 Å². The van der Waals surface area contributed by atoms with Crippen molar-refractivity contribution >= 4 is 17.6 Å². The molecule has 0 bridgehead atoms. The number of piperidine rings is 1. The summed E-state index contributed by atoms with van der Waals surface area (Å²) in [7, 11) is 1.94. The third-order valence-electron chi connectivity index (χ3n) is 6.16. The van der Waals surface area contributed by atoms with Crippen LogP contribution in [0.3, 0.4) is 0 Å². The normalized spacial score (nSPS) is 17.8. The molecule has 2 heterocycles. The topological polar surface area (TPSA) is 45.5 Å². The molecular weight excluding hydrogens is 358 g/mol. The largest absolute Gasteiger partial charge is 0.386 e. The Kier molecular flexibility index (Phi) is 7.26. The van der Waals surface area contributed by atoms with E-state index >= 15 is 0 Å². The first kappa shape index (κ1) is 21.3. The Morgan fingerprint density at radius 1 is 1.34 bits per heavy atom. The Morgan fingerprint density at radius 3 is 2.76 bits per heavy atom. The lowest BCUT2D eigenvalue weighted by molar-refractivity contribution is 0.139. The van der Waals surface area contributed by atoms with Crippen LogP contribution < -0.4 is 5.32 Å².